The minimum absolute atomic E-state index is 0.144. The molecule has 0 unspecified atom stereocenters. The monoisotopic (exact) mass is 409 g/mol. The molecule has 2 N–H and O–H groups in total. The topological polar surface area (TPSA) is 89.0 Å². The normalized spacial score (nSPS) is 10.9. The number of ether oxygens (including phenoxy) is 2. The van der Waals surface area contributed by atoms with Gasteiger partial charge in [-0.3, -0.25) is 9.59 Å². The van der Waals surface area contributed by atoms with Crippen molar-refractivity contribution in [1.82, 2.24) is 5.43 Å². The van der Waals surface area contributed by atoms with Crippen molar-refractivity contribution in [1.29, 1.82) is 0 Å². The summed E-state index contributed by atoms with van der Waals surface area (Å²) in [5, 5.41) is 6.71. The second-order valence-electron chi connectivity index (χ2n) is 5.26. The van der Waals surface area contributed by atoms with E-state index in [4.69, 9.17) is 32.7 Å². The summed E-state index contributed by atoms with van der Waals surface area (Å²) in [5.41, 5.74) is 3.57. The molecular formula is C18H17Cl2N3O4. The lowest BCUT2D eigenvalue weighted by Gasteiger charge is -2.10. The zero-order chi connectivity index (χ0) is 20.0. The molecule has 0 radical (unpaired) electrons. The SMILES string of the molecule is COc1ccc(C(C)=NNC(=O)C(=O)Nc2cccc(Cl)c2Cl)cc1OC. The number of hydrogen-bond acceptors (Lipinski definition) is 5. The Labute approximate surface area is 166 Å². The Kier molecular flexibility index (Phi) is 7.04. The molecule has 9 heteroatoms. The van der Waals surface area contributed by atoms with Crippen LogP contribution in [0.5, 0.6) is 11.5 Å². The zero-order valence-corrected chi connectivity index (χ0v) is 16.3. The van der Waals surface area contributed by atoms with Gasteiger partial charge in [0.15, 0.2) is 11.5 Å². The highest BCUT2D eigenvalue weighted by Crippen LogP contribution is 2.29. The third-order valence-electron chi connectivity index (χ3n) is 3.53. The van der Waals surface area contributed by atoms with Crippen molar-refractivity contribution in [3.63, 3.8) is 0 Å². The van der Waals surface area contributed by atoms with Crippen molar-refractivity contribution in [2.24, 2.45) is 5.10 Å². The molecule has 7 nitrogen and oxygen atoms in total. The molecule has 0 bridgehead atoms. The van der Waals surface area contributed by atoms with Gasteiger partial charge in [0, 0.05) is 5.56 Å². The van der Waals surface area contributed by atoms with Gasteiger partial charge in [-0.2, -0.15) is 5.10 Å². The molecule has 0 aromatic heterocycles. The number of anilines is 1. The van der Waals surface area contributed by atoms with Gasteiger partial charge in [0.2, 0.25) is 0 Å². The first kappa shape index (κ1) is 20.5. The molecule has 0 aliphatic carbocycles. The molecule has 2 amide bonds. The second-order valence-corrected chi connectivity index (χ2v) is 6.05. The van der Waals surface area contributed by atoms with Crippen LogP contribution in [0.2, 0.25) is 10.0 Å². The number of carbonyl (C=O) groups is 2. The molecule has 0 saturated heterocycles. The van der Waals surface area contributed by atoms with Crippen molar-refractivity contribution < 1.29 is 19.1 Å². The van der Waals surface area contributed by atoms with E-state index in [0.717, 1.165) is 0 Å². The van der Waals surface area contributed by atoms with E-state index < -0.39 is 11.8 Å². The molecule has 0 atom stereocenters. The first-order valence-electron chi connectivity index (χ1n) is 7.69. The van der Waals surface area contributed by atoms with Gasteiger partial charge < -0.3 is 14.8 Å². The van der Waals surface area contributed by atoms with Gasteiger partial charge in [-0.05, 0) is 37.3 Å². The highest BCUT2D eigenvalue weighted by atomic mass is 35.5. The van der Waals surface area contributed by atoms with Crippen molar-refractivity contribution in [2.75, 3.05) is 19.5 Å². The molecule has 0 fully saturated rings. The minimum atomic E-state index is -0.953. The van der Waals surface area contributed by atoms with E-state index >= 15 is 0 Å². The molecule has 0 spiro atoms. The average Bonchev–Trinajstić information content (AvgIpc) is 2.68. The highest BCUT2D eigenvalue weighted by Gasteiger charge is 2.16. The smallest absolute Gasteiger partial charge is 0.329 e. The molecule has 2 aromatic carbocycles. The number of amides is 2. The predicted octanol–water partition coefficient (Wildman–Crippen LogP) is 3.49. The number of carbonyl (C=O) groups excluding carboxylic acids is 2. The Morgan fingerprint density at radius 2 is 1.70 bits per heavy atom. The fourth-order valence-electron chi connectivity index (χ4n) is 2.09. The summed E-state index contributed by atoms with van der Waals surface area (Å²) in [6.45, 7) is 1.67. The van der Waals surface area contributed by atoms with Gasteiger partial charge in [-0.1, -0.05) is 29.3 Å². The molecule has 142 valence electrons. The van der Waals surface area contributed by atoms with E-state index in [-0.39, 0.29) is 15.7 Å². The summed E-state index contributed by atoms with van der Waals surface area (Å²) in [7, 11) is 3.05. The van der Waals surface area contributed by atoms with Crippen LogP contribution in [0.3, 0.4) is 0 Å². The summed E-state index contributed by atoms with van der Waals surface area (Å²) < 4.78 is 10.4. The van der Waals surface area contributed by atoms with Crippen molar-refractivity contribution in [2.45, 2.75) is 6.92 Å². The number of nitrogens with one attached hydrogen (secondary N) is 2. The maximum absolute atomic E-state index is 12.0. The molecule has 2 aromatic rings. The summed E-state index contributed by atoms with van der Waals surface area (Å²) in [4.78, 5) is 23.9. The summed E-state index contributed by atoms with van der Waals surface area (Å²) >= 11 is 11.8. The molecule has 0 heterocycles. The zero-order valence-electron chi connectivity index (χ0n) is 14.8. The molecule has 0 aliphatic rings. The Bertz CT molecular complexity index is 900. The fourth-order valence-corrected chi connectivity index (χ4v) is 2.44. The summed E-state index contributed by atoms with van der Waals surface area (Å²) in [6, 6.07) is 9.85. The Hall–Kier alpha value is -2.77. The van der Waals surface area contributed by atoms with Crippen LogP contribution in [-0.2, 0) is 9.59 Å². The van der Waals surface area contributed by atoms with Gasteiger partial charge in [0.25, 0.3) is 0 Å². The molecule has 2 rings (SSSR count). The van der Waals surface area contributed by atoms with Gasteiger partial charge in [-0.15, -0.1) is 0 Å². The van der Waals surface area contributed by atoms with Crippen LogP contribution in [0.1, 0.15) is 12.5 Å². The standard InChI is InChI=1S/C18H17Cl2N3O4/c1-10(11-7-8-14(26-2)15(9-11)27-3)22-23-18(25)17(24)21-13-6-4-5-12(19)16(13)20/h4-9H,1-3H3,(H,21,24)(H,23,25). The largest absolute Gasteiger partial charge is 0.493 e. The van der Waals surface area contributed by atoms with Crippen LogP contribution < -0.4 is 20.2 Å². The van der Waals surface area contributed by atoms with Crippen LogP contribution in [0.4, 0.5) is 5.69 Å². The van der Waals surface area contributed by atoms with Gasteiger partial charge in [0.05, 0.1) is 35.7 Å². The van der Waals surface area contributed by atoms with E-state index in [1.165, 1.54) is 20.3 Å². The minimum Gasteiger partial charge on any atom is -0.493 e. The van der Waals surface area contributed by atoms with Crippen molar-refractivity contribution in [3.8, 4) is 11.5 Å². The van der Waals surface area contributed by atoms with Gasteiger partial charge >= 0.3 is 11.8 Å². The first-order valence-corrected chi connectivity index (χ1v) is 8.45. The van der Waals surface area contributed by atoms with Crippen LogP contribution >= 0.6 is 23.2 Å². The van der Waals surface area contributed by atoms with E-state index in [0.29, 0.717) is 22.8 Å². The fraction of sp³-hybridized carbons (Fsp3) is 0.167. The van der Waals surface area contributed by atoms with Crippen molar-refractivity contribution >= 4 is 46.4 Å². The number of nitrogens with zero attached hydrogens (tertiary/aromatic N) is 1. The first-order chi connectivity index (χ1) is 12.9. The summed E-state index contributed by atoms with van der Waals surface area (Å²) in [5.74, 6) is -0.797. The molecular weight excluding hydrogens is 393 g/mol. The maximum atomic E-state index is 12.0. The molecule has 0 aliphatic heterocycles. The lowest BCUT2D eigenvalue weighted by atomic mass is 10.1. The number of hydrogen-bond donors (Lipinski definition) is 2. The Morgan fingerprint density at radius 3 is 2.37 bits per heavy atom. The van der Waals surface area contributed by atoms with Crippen LogP contribution in [0.15, 0.2) is 41.5 Å². The maximum Gasteiger partial charge on any atom is 0.329 e. The van der Waals surface area contributed by atoms with Gasteiger partial charge in [-0.25, -0.2) is 5.43 Å². The van der Waals surface area contributed by atoms with Gasteiger partial charge in [0.1, 0.15) is 0 Å². The Balaban J connectivity index is 2.06. The third-order valence-corrected chi connectivity index (χ3v) is 4.35. The van der Waals surface area contributed by atoms with E-state index in [2.05, 4.69) is 15.8 Å². The lowest BCUT2D eigenvalue weighted by molar-refractivity contribution is -0.136. The van der Waals surface area contributed by atoms with Crippen LogP contribution in [0, 0.1) is 0 Å². The number of halogens is 2. The van der Waals surface area contributed by atoms with E-state index in [9.17, 15) is 9.59 Å². The quantitative estimate of drug-likeness (QED) is 0.449. The highest BCUT2D eigenvalue weighted by molar-refractivity contribution is 6.45. The molecule has 0 saturated carbocycles. The molecule has 27 heavy (non-hydrogen) atoms. The van der Waals surface area contributed by atoms with Crippen LogP contribution in [0.25, 0.3) is 0 Å². The van der Waals surface area contributed by atoms with Crippen LogP contribution in [-0.4, -0.2) is 31.7 Å². The third kappa shape index (κ3) is 5.12. The predicted molar refractivity (Wildman–Crippen MR) is 105 cm³/mol. The van der Waals surface area contributed by atoms with Crippen molar-refractivity contribution in [3.05, 3.63) is 52.0 Å². The lowest BCUT2D eigenvalue weighted by Crippen LogP contribution is -2.33. The van der Waals surface area contributed by atoms with E-state index in [1.807, 2.05) is 0 Å². The average molecular weight is 410 g/mol. The summed E-state index contributed by atoms with van der Waals surface area (Å²) in [6.07, 6.45) is 0. The van der Waals surface area contributed by atoms with E-state index in [1.54, 1.807) is 37.3 Å². The second kappa shape index (κ2) is 9.25. The number of rotatable bonds is 5. The number of hydrazone groups is 1. The number of benzene rings is 2. The Morgan fingerprint density at radius 1 is 1.00 bits per heavy atom. The number of methoxy groups -OCH3 is 2.